The maximum atomic E-state index is 12.8. The van der Waals surface area contributed by atoms with Crippen molar-refractivity contribution in [1.82, 2.24) is 9.97 Å². The van der Waals surface area contributed by atoms with Crippen molar-refractivity contribution in [3.8, 4) is 17.1 Å². The number of hydrogen-bond donors (Lipinski definition) is 1. The first-order chi connectivity index (χ1) is 8.65. The number of hydrogen-bond acceptors (Lipinski definition) is 4. The highest BCUT2D eigenvalue weighted by atomic mass is 19.1. The molecule has 0 aliphatic carbocycles. The van der Waals surface area contributed by atoms with E-state index >= 15 is 0 Å². The van der Waals surface area contributed by atoms with E-state index in [1.165, 1.54) is 12.1 Å². The first-order valence-corrected chi connectivity index (χ1v) is 5.61. The minimum absolute atomic E-state index is 0.0400. The standard InChI is InChI=1S/C13H14FN3O/c1-9(15)8-18-12-6-16-13(17-7-12)10-2-4-11(14)5-3-10/h2-7,9H,8,15H2,1H3. The average molecular weight is 247 g/mol. The molecule has 0 aliphatic rings. The molecule has 5 heteroatoms. The monoisotopic (exact) mass is 247 g/mol. The number of benzene rings is 1. The molecule has 0 radical (unpaired) electrons. The maximum Gasteiger partial charge on any atom is 0.159 e. The van der Waals surface area contributed by atoms with Crippen molar-refractivity contribution in [2.75, 3.05) is 6.61 Å². The van der Waals surface area contributed by atoms with Gasteiger partial charge in [-0.05, 0) is 31.2 Å². The van der Waals surface area contributed by atoms with Crippen molar-refractivity contribution in [2.24, 2.45) is 5.73 Å². The van der Waals surface area contributed by atoms with Gasteiger partial charge in [0.2, 0.25) is 0 Å². The highest BCUT2D eigenvalue weighted by Gasteiger charge is 2.03. The second-order valence-corrected chi connectivity index (χ2v) is 4.04. The van der Waals surface area contributed by atoms with Crippen LogP contribution < -0.4 is 10.5 Å². The molecule has 2 N–H and O–H groups in total. The zero-order valence-electron chi connectivity index (χ0n) is 10.0. The van der Waals surface area contributed by atoms with Crippen LogP contribution >= 0.6 is 0 Å². The van der Waals surface area contributed by atoms with E-state index in [9.17, 15) is 4.39 Å². The summed E-state index contributed by atoms with van der Waals surface area (Å²) in [6.07, 6.45) is 3.15. The second kappa shape index (κ2) is 5.55. The number of ether oxygens (including phenoxy) is 1. The fraction of sp³-hybridized carbons (Fsp3) is 0.231. The van der Waals surface area contributed by atoms with Gasteiger partial charge in [0.05, 0.1) is 12.4 Å². The van der Waals surface area contributed by atoms with Crippen LogP contribution in [0.3, 0.4) is 0 Å². The summed E-state index contributed by atoms with van der Waals surface area (Å²) in [4.78, 5) is 8.31. The van der Waals surface area contributed by atoms with E-state index in [1.54, 1.807) is 24.5 Å². The van der Waals surface area contributed by atoms with Crippen molar-refractivity contribution in [3.05, 3.63) is 42.5 Å². The van der Waals surface area contributed by atoms with Crippen LogP contribution in [0, 0.1) is 5.82 Å². The molecule has 1 unspecified atom stereocenters. The van der Waals surface area contributed by atoms with Crippen LogP contribution in [0.4, 0.5) is 4.39 Å². The van der Waals surface area contributed by atoms with Gasteiger partial charge < -0.3 is 10.5 Å². The van der Waals surface area contributed by atoms with E-state index in [1.807, 2.05) is 6.92 Å². The lowest BCUT2D eigenvalue weighted by molar-refractivity contribution is 0.294. The third kappa shape index (κ3) is 3.24. The number of nitrogens with zero attached hydrogens (tertiary/aromatic N) is 2. The van der Waals surface area contributed by atoms with Gasteiger partial charge in [-0.3, -0.25) is 0 Å². The van der Waals surface area contributed by atoms with Gasteiger partial charge in [0.1, 0.15) is 12.4 Å². The summed E-state index contributed by atoms with van der Waals surface area (Å²) >= 11 is 0. The summed E-state index contributed by atoms with van der Waals surface area (Å²) in [5.41, 5.74) is 6.33. The van der Waals surface area contributed by atoms with Crippen LogP contribution in [-0.4, -0.2) is 22.6 Å². The van der Waals surface area contributed by atoms with Crippen LogP contribution in [0.1, 0.15) is 6.92 Å². The molecule has 0 aliphatic heterocycles. The molecule has 1 aromatic heterocycles. The van der Waals surface area contributed by atoms with Gasteiger partial charge >= 0.3 is 0 Å². The van der Waals surface area contributed by atoms with Crippen LogP contribution in [0.25, 0.3) is 11.4 Å². The quantitative estimate of drug-likeness (QED) is 0.897. The summed E-state index contributed by atoms with van der Waals surface area (Å²) in [5, 5.41) is 0. The molecular formula is C13H14FN3O. The summed E-state index contributed by atoms with van der Waals surface area (Å²) in [5.74, 6) is 0.817. The predicted octanol–water partition coefficient (Wildman–Crippen LogP) is 2.01. The normalized spacial score (nSPS) is 12.2. The van der Waals surface area contributed by atoms with E-state index in [2.05, 4.69) is 9.97 Å². The van der Waals surface area contributed by atoms with E-state index < -0.39 is 0 Å². The number of rotatable bonds is 4. The lowest BCUT2D eigenvalue weighted by Crippen LogP contribution is -2.23. The smallest absolute Gasteiger partial charge is 0.159 e. The fourth-order valence-electron chi connectivity index (χ4n) is 1.37. The first kappa shape index (κ1) is 12.4. The minimum Gasteiger partial charge on any atom is -0.489 e. The Morgan fingerprint density at radius 1 is 1.22 bits per heavy atom. The van der Waals surface area contributed by atoms with Crippen LogP contribution in [-0.2, 0) is 0 Å². The van der Waals surface area contributed by atoms with Gasteiger partial charge in [0, 0.05) is 11.6 Å². The molecular weight excluding hydrogens is 233 g/mol. The number of aromatic nitrogens is 2. The Labute approximate surface area is 105 Å². The molecule has 1 heterocycles. The molecule has 1 aromatic carbocycles. The van der Waals surface area contributed by atoms with E-state index in [0.29, 0.717) is 18.2 Å². The van der Waals surface area contributed by atoms with Crippen LogP contribution in [0.15, 0.2) is 36.7 Å². The van der Waals surface area contributed by atoms with Gasteiger partial charge in [0.25, 0.3) is 0 Å². The van der Waals surface area contributed by atoms with Crippen molar-refractivity contribution in [3.63, 3.8) is 0 Å². The minimum atomic E-state index is -0.282. The summed E-state index contributed by atoms with van der Waals surface area (Å²) < 4.78 is 18.1. The molecule has 0 fully saturated rings. The summed E-state index contributed by atoms with van der Waals surface area (Å²) in [7, 11) is 0. The zero-order chi connectivity index (χ0) is 13.0. The Morgan fingerprint density at radius 2 is 1.83 bits per heavy atom. The second-order valence-electron chi connectivity index (χ2n) is 4.04. The Hall–Kier alpha value is -2.01. The van der Waals surface area contributed by atoms with Gasteiger partial charge in [-0.15, -0.1) is 0 Å². The molecule has 4 nitrogen and oxygen atoms in total. The molecule has 2 aromatic rings. The SMILES string of the molecule is CC(N)COc1cnc(-c2ccc(F)cc2)nc1. The predicted molar refractivity (Wildman–Crippen MR) is 66.6 cm³/mol. The van der Waals surface area contributed by atoms with E-state index in [4.69, 9.17) is 10.5 Å². The Morgan fingerprint density at radius 3 is 2.39 bits per heavy atom. The molecule has 0 saturated heterocycles. The van der Waals surface area contributed by atoms with Crippen LogP contribution in [0.5, 0.6) is 5.75 Å². The molecule has 18 heavy (non-hydrogen) atoms. The lowest BCUT2D eigenvalue weighted by Gasteiger charge is -2.08. The molecule has 0 amide bonds. The molecule has 0 saturated carbocycles. The van der Waals surface area contributed by atoms with Gasteiger partial charge in [-0.1, -0.05) is 0 Å². The Balaban J connectivity index is 2.09. The Bertz CT molecular complexity index is 497. The fourth-order valence-corrected chi connectivity index (χ4v) is 1.37. The molecule has 0 bridgehead atoms. The number of nitrogens with two attached hydrogens (primary N) is 1. The molecule has 1 atom stereocenters. The van der Waals surface area contributed by atoms with Crippen molar-refractivity contribution >= 4 is 0 Å². The van der Waals surface area contributed by atoms with E-state index in [0.717, 1.165) is 5.56 Å². The first-order valence-electron chi connectivity index (χ1n) is 5.61. The molecule has 2 rings (SSSR count). The Kier molecular flexibility index (Phi) is 3.84. The van der Waals surface area contributed by atoms with Crippen molar-refractivity contribution in [1.29, 1.82) is 0 Å². The molecule has 94 valence electrons. The van der Waals surface area contributed by atoms with E-state index in [-0.39, 0.29) is 11.9 Å². The molecule has 0 spiro atoms. The van der Waals surface area contributed by atoms with Gasteiger partial charge in [-0.2, -0.15) is 0 Å². The van der Waals surface area contributed by atoms with Crippen molar-refractivity contribution in [2.45, 2.75) is 13.0 Å². The van der Waals surface area contributed by atoms with Gasteiger partial charge in [-0.25, -0.2) is 14.4 Å². The highest BCUT2D eigenvalue weighted by molar-refractivity contribution is 5.54. The average Bonchev–Trinajstić information content (AvgIpc) is 2.38. The third-order valence-corrected chi connectivity index (χ3v) is 2.24. The topological polar surface area (TPSA) is 61.0 Å². The summed E-state index contributed by atoms with van der Waals surface area (Å²) in [6.45, 7) is 2.27. The zero-order valence-corrected chi connectivity index (χ0v) is 10.0. The van der Waals surface area contributed by atoms with Crippen molar-refractivity contribution < 1.29 is 9.13 Å². The maximum absolute atomic E-state index is 12.8. The largest absolute Gasteiger partial charge is 0.489 e. The summed E-state index contributed by atoms with van der Waals surface area (Å²) in [6, 6.07) is 5.97. The third-order valence-electron chi connectivity index (χ3n) is 2.24. The highest BCUT2D eigenvalue weighted by Crippen LogP contribution is 2.16. The number of halogens is 1. The van der Waals surface area contributed by atoms with Gasteiger partial charge in [0.15, 0.2) is 11.6 Å². The van der Waals surface area contributed by atoms with Crippen LogP contribution in [0.2, 0.25) is 0 Å². The lowest BCUT2D eigenvalue weighted by atomic mass is 10.2.